The number of H-pyrrole nitrogens is 1. The molecule has 170 valence electrons. The van der Waals surface area contributed by atoms with Crippen molar-refractivity contribution < 1.29 is 27.3 Å². The Morgan fingerprint density at radius 2 is 1.94 bits per heavy atom. The Morgan fingerprint density at radius 3 is 2.58 bits per heavy atom. The van der Waals surface area contributed by atoms with E-state index in [2.05, 4.69) is 14.7 Å². The van der Waals surface area contributed by atoms with E-state index in [-0.39, 0.29) is 11.5 Å². The minimum Gasteiger partial charge on any atom is -0.300 e. The number of nitrogens with two attached hydrogens (primary N) is 1. The molecule has 1 aliphatic heterocycles. The highest BCUT2D eigenvalue weighted by molar-refractivity contribution is 7.86. The van der Waals surface area contributed by atoms with Crippen molar-refractivity contribution in [1.29, 1.82) is 5.41 Å². The molecule has 0 spiro atoms. The van der Waals surface area contributed by atoms with E-state index >= 15 is 0 Å². The van der Waals surface area contributed by atoms with E-state index in [4.69, 9.17) is 10.8 Å². The number of allylic oxidation sites excluding steroid dienone is 2. The molecule has 8 nitrogen and oxygen atoms in total. The molecule has 0 amide bonds. The van der Waals surface area contributed by atoms with Gasteiger partial charge in [-0.1, -0.05) is 15.4 Å². The first-order valence-electron chi connectivity index (χ1n) is 9.64. The second-order valence-electron chi connectivity index (χ2n) is 7.18. The second-order valence-corrected chi connectivity index (χ2v) is 8.73. The fourth-order valence-electron chi connectivity index (χ4n) is 3.34. The second kappa shape index (κ2) is 8.62. The average molecular weight is 477 g/mol. The van der Waals surface area contributed by atoms with E-state index in [0.29, 0.717) is 35.1 Å². The molecule has 0 saturated carbocycles. The van der Waals surface area contributed by atoms with Crippen molar-refractivity contribution in [2.45, 2.75) is 17.5 Å². The van der Waals surface area contributed by atoms with Crippen LogP contribution in [0.25, 0.3) is 11.4 Å². The summed E-state index contributed by atoms with van der Waals surface area (Å²) in [6.07, 6.45) is -2.40. The van der Waals surface area contributed by atoms with Gasteiger partial charge in [0.05, 0.1) is 17.9 Å². The van der Waals surface area contributed by atoms with Gasteiger partial charge in [0, 0.05) is 11.6 Å². The molecule has 0 bridgehead atoms. The molecule has 1 atom stereocenters. The zero-order chi connectivity index (χ0) is 23.8. The van der Waals surface area contributed by atoms with Crippen molar-refractivity contribution in [3.63, 3.8) is 0 Å². The largest absolute Gasteiger partial charge is 0.476 e. The molecular weight excluding hydrogens is 459 g/mol. The zero-order valence-electron chi connectivity index (χ0n) is 16.9. The number of hydrogen-bond acceptors (Lipinski definition) is 5. The number of thiol groups is 1. The van der Waals surface area contributed by atoms with Gasteiger partial charge in [-0.15, -0.1) is 0 Å². The Morgan fingerprint density at radius 1 is 1.21 bits per heavy atom. The van der Waals surface area contributed by atoms with E-state index in [0.717, 1.165) is 17.3 Å². The van der Waals surface area contributed by atoms with Crippen LogP contribution in [0.4, 0.5) is 18.9 Å². The van der Waals surface area contributed by atoms with Crippen LogP contribution in [-0.4, -0.2) is 34.3 Å². The third-order valence-corrected chi connectivity index (χ3v) is 6.63. The fourth-order valence-corrected chi connectivity index (χ4v) is 4.70. The molecule has 12 heteroatoms. The van der Waals surface area contributed by atoms with Gasteiger partial charge in [0.2, 0.25) is 0 Å². The summed E-state index contributed by atoms with van der Waals surface area (Å²) >= 11 is 0. The highest BCUT2D eigenvalue weighted by Crippen LogP contribution is 2.32. The first-order valence-corrected chi connectivity index (χ1v) is 10.9. The first kappa shape index (κ1) is 22.4. The number of rotatable bonds is 6. The Balaban J connectivity index is 1.50. The number of benzene rings is 2. The van der Waals surface area contributed by atoms with Crippen LogP contribution >= 0.6 is 0 Å². The number of nitrogens with zero attached hydrogens (tertiary/aromatic N) is 2. The number of aromatic nitrogens is 2. The Kier molecular flexibility index (Phi) is 5.85. The van der Waals surface area contributed by atoms with Crippen LogP contribution in [0.3, 0.4) is 0 Å². The van der Waals surface area contributed by atoms with Gasteiger partial charge in [0.25, 0.3) is 5.71 Å². The smallest absolute Gasteiger partial charge is 0.300 e. The lowest BCUT2D eigenvalue weighted by Gasteiger charge is -2.12. The van der Waals surface area contributed by atoms with Crippen molar-refractivity contribution in [2.75, 3.05) is 10.8 Å². The molecular formula is C21H18F3N5O3S+2. The molecule has 3 aromatic rings. The maximum Gasteiger partial charge on any atom is 0.476 e. The van der Waals surface area contributed by atoms with E-state index < -0.39 is 28.6 Å². The number of halogens is 3. The molecule has 0 saturated heterocycles. The quantitative estimate of drug-likeness (QED) is 0.284. The van der Waals surface area contributed by atoms with Gasteiger partial charge in [-0.05, 0) is 60.0 Å². The Hall–Kier alpha value is -3.80. The molecule has 0 radical (unpaired) electrons. The van der Waals surface area contributed by atoms with Gasteiger partial charge in [-0.2, -0.15) is 17.5 Å². The molecule has 1 unspecified atom stereocenters. The molecule has 0 aliphatic carbocycles. The average Bonchev–Trinajstić information content (AvgIpc) is 3.42. The molecule has 33 heavy (non-hydrogen) atoms. The maximum atomic E-state index is 13.2. The van der Waals surface area contributed by atoms with Gasteiger partial charge in [-0.25, -0.2) is 4.79 Å². The van der Waals surface area contributed by atoms with Crippen LogP contribution in [0, 0.1) is 5.41 Å². The molecule has 0 fully saturated rings. The summed E-state index contributed by atoms with van der Waals surface area (Å²) in [4.78, 5) is 14.1. The van der Waals surface area contributed by atoms with Crippen LogP contribution in [0.1, 0.15) is 11.1 Å². The molecule has 1 aromatic heterocycles. The molecule has 2 aromatic carbocycles. The van der Waals surface area contributed by atoms with Crippen molar-refractivity contribution in [2.24, 2.45) is 0 Å². The van der Waals surface area contributed by atoms with Gasteiger partial charge < -0.3 is 5.41 Å². The van der Waals surface area contributed by atoms with Crippen molar-refractivity contribution >= 4 is 28.1 Å². The SMILES string of the molecule is N=C(/C=C\C(=[NH2+])C(F)(F)F)c1ccc2c(c1)CCN2[SH+](=O)c1ccc(-c2noc(=O)[nH]2)cc1. The number of anilines is 1. The maximum absolute atomic E-state index is 13.2. The van der Waals surface area contributed by atoms with Crippen molar-refractivity contribution in [3.8, 4) is 11.4 Å². The third-order valence-electron chi connectivity index (χ3n) is 5.04. The summed E-state index contributed by atoms with van der Waals surface area (Å²) in [5.74, 6) is -0.398. The topological polar surface area (TPSA) is 129 Å². The number of hydrogen-bond donors (Lipinski definition) is 3. The van der Waals surface area contributed by atoms with Crippen LogP contribution in [0.2, 0.25) is 0 Å². The molecule has 4 rings (SSSR count). The lowest BCUT2D eigenvalue weighted by molar-refractivity contribution is -0.165. The first-order chi connectivity index (χ1) is 15.6. The van der Waals surface area contributed by atoms with Crippen LogP contribution in [0.5, 0.6) is 0 Å². The number of nitrogens with one attached hydrogen (secondary N) is 2. The predicted octanol–water partition coefficient (Wildman–Crippen LogP) is 1.75. The predicted molar refractivity (Wildman–Crippen MR) is 117 cm³/mol. The highest BCUT2D eigenvalue weighted by atomic mass is 32.2. The van der Waals surface area contributed by atoms with Crippen LogP contribution in [0.15, 0.2) is 68.8 Å². The summed E-state index contributed by atoms with van der Waals surface area (Å²) in [6, 6.07) is 11.7. The minimum atomic E-state index is -4.65. The standard InChI is InChI=1S/C21H16F3N5O3S/c22-21(23,24)18(26)8-6-16(25)13-3-7-17-14(11-13)9-10-29(17)33(31)15-4-1-12(2-5-15)19-27-20(30)32-28-19/h1-8,11,25-26H,9-10H2,(H,27,28,30)/p+2/b8-6-,25-16?,26-18?. The van der Waals surface area contributed by atoms with E-state index in [1.807, 2.05) is 0 Å². The summed E-state index contributed by atoms with van der Waals surface area (Å²) in [6.45, 7) is 0.490. The lowest BCUT2D eigenvalue weighted by atomic mass is 10.0. The van der Waals surface area contributed by atoms with E-state index in [1.54, 1.807) is 46.8 Å². The van der Waals surface area contributed by atoms with Gasteiger partial charge >= 0.3 is 11.9 Å². The normalized spacial score (nSPS) is 14.5. The van der Waals surface area contributed by atoms with Crippen molar-refractivity contribution in [1.82, 2.24) is 10.1 Å². The fraction of sp³-hybridized carbons (Fsp3) is 0.143. The van der Waals surface area contributed by atoms with E-state index in [9.17, 15) is 22.2 Å². The zero-order valence-corrected chi connectivity index (χ0v) is 17.8. The lowest BCUT2D eigenvalue weighted by Crippen LogP contribution is -2.47. The Bertz CT molecular complexity index is 1340. The summed E-state index contributed by atoms with van der Waals surface area (Å²) in [5, 5.41) is 16.6. The van der Waals surface area contributed by atoms with E-state index in [1.165, 1.54) is 0 Å². The summed E-state index contributed by atoms with van der Waals surface area (Å²) in [7, 11) is -1.94. The third kappa shape index (κ3) is 4.70. The highest BCUT2D eigenvalue weighted by Gasteiger charge is 2.37. The number of aromatic amines is 1. The minimum absolute atomic E-state index is 0.116. The number of fused-ring (bicyclic) bond motifs is 1. The van der Waals surface area contributed by atoms with Crippen molar-refractivity contribution in [3.05, 3.63) is 76.3 Å². The summed E-state index contributed by atoms with van der Waals surface area (Å²) < 4.78 is 56.9. The van der Waals surface area contributed by atoms with Gasteiger partial charge in [-0.3, -0.25) is 14.9 Å². The van der Waals surface area contributed by atoms with Gasteiger partial charge in [0.15, 0.2) is 21.7 Å². The molecule has 1 aliphatic rings. The van der Waals surface area contributed by atoms with Crippen LogP contribution < -0.4 is 15.5 Å². The monoisotopic (exact) mass is 477 g/mol. The molecule has 2 heterocycles. The number of alkyl halides is 3. The summed E-state index contributed by atoms with van der Waals surface area (Å²) in [5.41, 5.74) is 1.23. The molecule has 4 N–H and O–H groups in total. The van der Waals surface area contributed by atoms with Gasteiger partial charge in [0.1, 0.15) is 0 Å². The van der Waals surface area contributed by atoms with Crippen LogP contribution in [-0.2, 0) is 21.6 Å². The Labute approximate surface area is 187 Å².